The standard InChI is InChI=1S/C17H31N3O/c1-14(17(21)19-10-4-2-5-11-19)20-12-6-3-7-16(20)13-18-15-8-9-15/h14-16,18H,2-13H2,1H3. The molecule has 120 valence electrons. The predicted molar refractivity (Wildman–Crippen MR) is 85.3 cm³/mol. The number of piperidine rings is 2. The third-order valence-corrected chi connectivity index (χ3v) is 5.41. The van der Waals surface area contributed by atoms with Crippen LogP contribution in [0, 0.1) is 0 Å². The van der Waals surface area contributed by atoms with Crippen molar-refractivity contribution in [3.8, 4) is 0 Å². The molecule has 3 aliphatic rings. The topological polar surface area (TPSA) is 35.6 Å². The molecule has 0 aromatic carbocycles. The van der Waals surface area contributed by atoms with E-state index < -0.39 is 0 Å². The van der Waals surface area contributed by atoms with Gasteiger partial charge in [0.1, 0.15) is 0 Å². The van der Waals surface area contributed by atoms with Crippen molar-refractivity contribution in [3.05, 3.63) is 0 Å². The summed E-state index contributed by atoms with van der Waals surface area (Å²) in [4.78, 5) is 17.3. The Hall–Kier alpha value is -0.610. The smallest absolute Gasteiger partial charge is 0.239 e. The number of rotatable bonds is 5. The first-order chi connectivity index (χ1) is 10.3. The first-order valence-electron chi connectivity index (χ1n) is 9.03. The SMILES string of the molecule is CC(C(=O)N1CCCCC1)N1CCCCC1CNC1CC1. The highest BCUT2D eigenvalue weighted by molar-refractivity contribution is 5.81. The van der Waals surface area contributed by atoms with Gasteiger partial charge in [-0.15, -0.1) is 0 Å². The molecule has 1 amide bonds. The van der Waals surface area contributed by atoms with Gasteiger partial charge in [-0.05, 0) is 58.4 Å². The van der Waals surface area contributed by atoms with Crippen molar-refractivity contribution in [2.75, 3.05) is 26.2 Å². The Morgan fingerprint density at radius 2 is 1.76 bits per heavy atom. The van der Waals surface area contributed by atoms with Gasteiger partial charge in [-0.1, -0.05) is 6.42 Å². The summed E-state index contributed by atoms with van der Waals surface area (Å²) in [6, 6.07) is 1.39. The Bertz CT molecular complexity index is 350. The molecule has 0 bridgehead atoms. The van der Waals surface area contributed by atoms with Crippen molar-refractivity contribution in [1.82, 2.24) is 15.1 Å². The van der Waals surface area contributed by atoms with Gasteiger partial charge in [-0.2, -0.15) is 0 Å². The summed E-state index contributed by atoms with van der Waals surface area (Å²) in [5, 5.41) is 3.66. The van der Waals surface area contributed by atoms with E-state index in [0.29, 0.717) is 11.9 Å². The van der Waals surface area contributed by atoms with Crippen LogP contribution < -0.4 is 5.32 Å². The monoisotopic (exact) mass is 293 g/mol. The van der Waals surface area contributed by atoms with E-state index in [9.17, 15) is 4.79 Å². The second kappa shape index (κ2) is 7.10. The lowest BCUT2D eigenvalue weighted by atomic mass is 9.99. The van der Waals surface area contributed by atoms with E-state index in [1.807, 2.05) is 0 Å². The zero-order valence-corrected chi connectivity index (χ0v) is 13.5. The van der Waals surface area contributed by atoms with Crippen LogP contribution in [0.2, 0.25) is 0 Å². The molecule has 1 aliphatic carbocycles. The fourth-order valence-electron chi connectivity index (χ4n) is 3.86. The number of amides is 1. The Morgan fingerprint density at radius 3 is 2.48 bits per heavy atom. The maximum Gasteiger partial charge on any atom is 0.239 e. The number of nitrogens with one attached hydrogen (secondary N) is 1. The number of nitrogens with zero attached hydrogens (tertiary/aromatic N) is 2. The van der Waals surface area contributed by atoms with E-state index >= 15 is 0 Å². The van der Waals surface area contributed by atoms with Crippen molar-refractivity contribution in [2.24, 2.45) is 0 Å². The number of likely N-dealkylation sites (tertiary alicyclic amines) is 2. The molecule has 2 aliphatic heterocycles. The van der Waals surface area contributed by atoms with Gasteiger partial charge in [-0.3, -0.25) is 9.69 Å². The van der Waals surface area contributed by atoms with Gasteiger partial charge in [0, 0.05) is 31.7 Å². The van der Waals surface area contributed by atoms with Crippen LogP contribution >= 0.6 is 0 Å². The highest BCUT2D eigenvalue weighted by Gasteiger charge is 2.33. The molecule has 2 heterocycles. The molecule has 0 aromatic heterocycles. The van der Waals surface area contributed by atoms with Crippen molar-refractivity contribution in [1.29, 1.82) is 0 Å². The van der Waals surface area contributed by atoms with E-state index in [1.54, 1.807) is 0 Å². The van der Waals surface area contributed by atoms with Crippen LogP contribution in [-0.4, -0.2) is 60.0 Å². The molecule has 1 saturated carbocycles. The van der Waals surface area contributed by atoms with E-state index in [2.05, 4.69) is 22.0 Å². The normalized spacial score (nSPS) is 29.4. The minimum absolute atomic E-state index is 0.0643. The average molecular weight is 293 g/mol. The fourth-order valence-corrected chi connectivity index (χ4v) is 3.86. The van der Waals surface area contributed by atoms with Gasteiger partial charge < -0.3 is 10.2 Å². The largest absolute Gasteiger partial charge is 0.341 e. The minimum atomic E-state index is 0.0643. The molecule has 2 atom stereocenters. The van der Waals surface area contributed by atoms with Gasteiger partial charge in [-0.25, -0.2) is 0 Å². The molecule has 0 aromatic rings. The number of carbonyl (C=O) groups excluding carboxylic acids is 1. The molecule has 4 heteroatoms. The van der Waals surface area contributed by atoms with Gasteiger partial charge in [0.15, 0.2) is 0 Å². The van der Waals surface area contributed by atoms with Gasteiger partial charge in [0.2, 0.25) is 5.91 Å². The first kappa shape index (κ1) is 15.3. The Morgan fingerprint density at radius 1 is 1.05 bits per heavy atom. The summed E-state index contributed by atoms with van der Waals surface area (Å²) < 4.78 is 0. The van der Waals surface area contributed by atoms with Crippen LogP contribution in [0.1, 0.15) is 58.3 Å². The van der Waals surface area contributed by atoms with E-state index in [1.165, 1.54) is 51.4 Å². The predicted octanol–water partition coefficient (Wildman–Crippen LogP) is 1.99. The van der Waals surface area contributed by atoms with Crippen LogP contribution in [0.25, 0.3) is 0 Å². The molecule has 4 nitrogen and oxygen atoms in total. The number of hydrogen-bond acceptors (Lipinski definition) is 3. The quantitative estimate of drug-likeness (QED) is 0.842. The Labute approximate surface area is 129 Å². The molecule has 2 saturated heterocycles. The zero-order chi connectivity index (χ0) is 14.7. The summed E-state index contributed by atoms with van der Waals surface area (Å²) >= 11 is 0. The lowest BCUT2D eigenvalue weighted by molar-refractivity contribution is -0.138. The molecular weight excluding hydrogens is 262 g/mol. The highest BCUT2D eigenvalue weighted by atomic mass is 16.2. The minimum Gasteiger partial charge on any atom is -0.341 e. The maximum absolute atomic E-state index is 12.8. The average Bonchev–Trinajstić information content (AvgIpc) is 3.37. The van der Waals surface area contributed by atoms with Gasteiger partial charge in [0.25, 0.3) is 0 Å². The molecular formula is C17H31N3O. The van der Waals surface area contributed by atoms with Gasteiger partial charge in [0.05, 0.1) is 6.04 Å². The first-order valence-corrected chi connectivity index (χ1v) is 9.03. The highest BCUT2D eigenvalue weighted by Crippen LogP contribution is 2.23. The van der Waals surface area contributed by atoms with Crippen LogP contribution in [0.5, 0.6) is 0 Å². The van der Waals surface area contributed by atoms with E-state index in [4.69, 9.17) is 0 Å². The van der Waals surface area contributed by atoms with Crippen molar-refractivity contribution in [3.63, 3.8) is 0 Å². The summed E-state index contributed by atoms with van der Waals surface area (Å²) in [6.45, 7) is 6.25. The number of hydrogen-bond donors (Lipinski definition) is 1. The van der Waals surface area contributed by atoms with E-state index in [-0.39, 0.29) is 6.04 Å². The lowest BCUT2D eigenvalue weighted by Crippen LogP contribution is -2.55. The molecule has 1 N–H and O–H groups in total. The molecule has 21 heavy (non-hydrogen) atoms. The third-order valence-electron chi connectivity index (χ3n) is 5.41. The zero-order valence-electron chi connectivity index (χ0n) is 13.5. The number of carbonyl (C=O) groups is 1. The van der Waals surface area contributed by atoms with Crippen LogP contribution in [0.4, 0.5) is 0 Å². The summed E-state index contributed by atoms with van der Waals surface area (Å²) in [7, 11) is 0. The van der Waals surface area contributed by atoms with Crippen molar-refractivity contribution < 1.29 is 4.79 Å². The van der Waals surface area contributed by atoms with Crippen LogP contribution in [0.3, 0.4) is 0 Å². The Kier molecular flexibility index (Phi) is 5.17. The second-order valence-corrected chi connectivity index (χ2v) is 7.13. The van der Waals surface area contributed by atoms with E-state index in [0.717, 1.165) is 32.2 Å². The Balaban J connectivity index is 1.56. The van der Waals surface area contributed by atoms with Gasteiger partial charge >= 0.3 is 0 Å². The summed E-state index contributed by atoms with van der Waals surface area (Å²) in [5.41, 5.74) is 0. The van der Waals surface area contributed by atoms with Crippen molar-refractivity contribution >= 4 is 5.91 Å². The summed E-state index contributed by atoms with van der Waals surface area (Å²) in [5.74, 6) is 0.369. The fraction of sp³-hybridized carbons (Fsp3) is 0.941. The summed E-state index contributed by atoms with van der Waals surface area (Å²) in [6.07, 6.45) is 10.2. The van der Waals surface area contributed by atoms with Crippen molar-refractivity contribution in [2.45, 2.75) is 76.4 Å². The molecule has 3 fully saturated rings. The van der Waals surface area contributed by atoms with Crippen LogP contribution in [0.15, 0.2) is 0 Å². The molecule has 0 spiro atoms. The maximum atomic E-state index is 12.8. The molecule has 2 unspecified atom stereocenters. The second-order valence-electron chi connectivity index (χ2n) is 7.13. The third kappa shape index (κ3) is 3.98. The molecule has 3 rings (SSSR count). The van der Waals surface area contributed by atoms with Crippen LogP contribution in [-0.2, 0) is 4.79 Å². The lowest BCUT2D eigenvalue weighted by Gasteiger charge is -2.41. The molecule has 0 radical (unpaired) electrons.